The molecule has 180 valence electrons. The molecule has 6 nitrogen and oxygen atoms in total. The Hall–Kier alpha value is -2.63. The Morgan fingerprint density at radius 2 is 1.75 bits per heavy atom. The number of esters is 2. The van der Waals surface area contributed by atoms with E-state index >= 15 is 0 Å². The van der Waals surface area contributed by atoms with Crippen molar-refractivity contribution >= 4 is 17.9 Å². The van der Waals surface area contributed by atoms with Crippen LogP contribution in [-0.2, 0) is 23.9 Å². The summed E-state index contributed by atoms with van der Waals surface area (Å²) in [5, 5.41) is 8.74. The molecule has 2 rings (SSSR count). The number of hydrogen-bond acceptors (Lipinski definition) is 5. The number of ether oxygens (including phenoxy) is 2. The van der Waals surface area contributed by atoms with E-state index in [1.54, 1.807) is 0 Å². The van der Waals surface area contributed by atoms with Crippen LogP contribution in [0.5, 0.6) is 0 Å². The molecule has 0 aliphatic heterocycles. The normalized spacial score (nSPS) is 19.2. The number of rotatable bonds is 6. The summed E-state index contributed by atoms with van der Waals surface area (Å²) in [5.74, 6) is -0.185. The van der Waals surface area contributed by atoms with Crippen LogP contribution in [0, 0.1) is 17.3 Å². The van der Waals surface area contributed by atoms with Crippen molar-refractivity contribution in [2.24, 2.45) is 17.3 Å². The summed E-state index contributed by atoms with van der Waals surface area (Å²) in [5.41, 5.74) is 2.36. The van der Waals surface area contributed by atoms with E-state index in [4.69, 9.17) is 9.84 Å². The summed E-state index contributed by atoms with van der Waals surface area (Å²) in [7, 11) is 1.35. The summed E-state index contributed by atoms with van der Waals surface area (Å²) in [6, 6.07) is 0. The molecule has 0 amide bonds. The molecule has 0 spiro atoms. The van der Waals surface area contributed by atoms with Gasteiger partial charge in [0.05, 0.1) is 13.5 Å². The Labute approximate surface area is 193 Å². The highest BCUT2D eigenvalue weighted by Gasteiger charge is 2.29. The summed E-state index contributed by atoms with van der Waals surface area (Å²) >= 11 is 0. The molecule has 0 fully saturated rings. The van der Waals surface area contributed by atoms with Crippen molar-refractivity contribution in [3.05, 3.63) is 48.1 Å². The van der Waals surface area contributed by atoms with E-state index in [1.807, 2.05) is 26.0 Å². The molecule has 0 aromatic carbocycles. The predicted molar refractivity (Wildman–Crippen MR) is 127 cm³/mol. The standard InChI is InChI=1S/C12H18O2.C11H16O2.C3H6O2/c1-9(2)12-6-4-11(5-7-12)8-14-10(3)13;1-11(2,8-10(12)13)9-6-4-3-5-7-9;1-3(4)5-2/h4,12H,1,5-8H2,2-3H3;3-6,9H,7-8H2,1-2H3,(H,12,13);1-2H3. The minimum absolute atomic E-state index is 0.146. The average Bonchev–Trinajstić information content (AvgIpc) is 2.73. The topological polar surface area (TPSA) is 89.9 Å². The molecule has 2 aliphatic carbocycles. The first-order chi connectivity index (χ1) is 14.9. The van der Waals surface area contributed by atoms with Crippen LogP contribution in [0.2, 0.25) is 0 Å². The Kier molecular flexibility index (Phi) is 14.0. The minimum atomic E-state index is -0.715. The molecule has 0 aromatic heterocycles. The molecule has 0 heterocycles. The van der Waals surface area contributed by atoms with Gasteiger partial charge in [0, 0.05) is 13.8 Å². The van der Waals surface area contributed by atoms with E-state index in [2.05, 4.69) is 36.5 Å². The zero-order valence-corrected chi connectivity index (χ0v) is 20.5. The van der Waals surface area contributed by atoms with Crippen LogP contribution >= 0.6 is 0 Å². The molecular weight excluding hydrogens is 408 g/mol. The molecule has 0 aromatic rings. The molecule has 2 atom stereocenters. The van der Waals surface area contributed by atoms with E-state index in [0.29, 0.717) is 18.4 Å². The number of hydrogen-bond donors (Lipinski definition) is 1. The number of carboxylic acids is 1. The monoisotopic (exact) mass is 448 g/mol. The first-order valence-corrected chi connectivity index (χ1v) is 10.9. The van der Waals surface area contributed by atoms with E-state index in [1.165, 1.54) is 32.1 Å². The Morgan fingerprint density at radius 3 is 2.12 bits per heavy atom. The van der Waals surface area contributed by atoms with Gasteiger partial charge in [0.2, 0.25) is 0 Å². The van der Waals surface area contributed by atoms with Crippen LogP contribution in [0.4, 0.5) is 0 Å². The fraction of sp³-hybridized carbons (Fsp3) is 0.577. The maximum absolute atomic E-state index is 10.6. The number of carboxylic acid groups (broad SMARTS) is 1. The second-order valence-corrected chi connectivity index (χ2v) is 8.87. The van der Waals surface area contributed by atoms with E-state index in [9.17, 15) is 14.4 Å². The first kappa shape index (κ1) is 29.4. The first-order valence-electron chi connectivity index (χ1n) is 10.9. The molecule has 0 bridgehead atoms. The van der Waals surface area contributed by atoms with Crippen LogP contribution < -0.4 is 0 Å². The molecule has 0 radical (unpaired) electrons. The third-order valence-corrected chi connectivity index (χ3v) is 5.54. The average molecular weight is 449 g/mol. The Bertz CT molecular complexity index is 727. The number of carbonyl (C=O) groups is 3. The van der Waals surface area contributed by atoms with Crippen molar-refractivity contribution in [2.75, 3.05) is 13.7 Å². The van der Waals surface area contributed by atoms with Crippen LogP contribution in [0.3, 0.4) is 0 Å². The fourth-order valence-corrected chi connectivity index (χ4v) is 3.34. The highest BCUT2D eigenvalue weighted by Crippen LogP contribution is 2.35. The quantitative estimate of drug-likeness (QED) is 0.417. The highest BCUT2D eigenvalue weighted by atomic mass is 16.5. The van der Waals surface area contributed by atoms with Crippen molar-refractivity contribution in [3.63, 3.8) is 0 Å². The zero-order valence-electron chi connectivity index (χ0n) is 20.5. The lowest BCUT2D eigenvalue weighted by Crippen LogP contribution is -2.26. The van der Waals surface area contributed by atoms with Gasteiger partial charge in [0.1, 0.15) is 6.61 Å². The molecule has 0 saturated carbocycles. The van der Waals surface area contributed by atoms with E-state index in [-0.39, 0.29) is 23.8 Å². The lowest BCUT2D eigenvalue weighted by atomic mass is 9.73. The molecule has 2 aliphatic rings. The van der Waals surface area contributed by atoms with Gasteiger partial charge in [0.15, 0.2) is 0 Å². The summed E-state index contributed by atoms with van der Waals surface area (Å²) in [4.78, 5) is 30.8. The van der Waals surface area contributed by atoms with Gasteiger partial charge >= 0.3 is 17.9 Å². The number of carbonyl (C=O) groups excluding carboxylic acids is 2. The largest absolute Gasteiger partial charge is 0.481 e. The maximum Gasteiger partial charge on any atom is 0.303 e. The lowest BCUT2D eigenvalue weighted by Gasteiger charge is -2.31. The van der Waals surface area contributed by atoms with Crippen molar-refractivity contribution in [2.45, 2.75) is 66.7 Å². The maximum atomic E-state index is 10.6. The van der Waals surface area contributed by atoms with Crippen molar-refractivity contribution in [3.8, 4) is 0 Å². The van der Waals surface area contributed by atoms with Gasteiger partial charge in [-0.2, -0.15) is 0 Å². The van der Waals surface area contributed by atoms with Gasteiger partial charge in [-0.3, -0.25) is 14.4 Å². The van der Waals surface area contributed by atoms with E-state index in [0.717, 1.165) is 25.7 Å². The van der Waals surface area contributed by atoms with Gasteiger partial charge in [0.25, 0.3) is 0 Å². The molecule has 6 heteroatoms. The molecule has 32 heavy (non-hydrogen) atoms. The lowest BCUT2D eigenvalue weighted by molar-refractivity contribution is -0.140. The van der Waals surface area contributed by atoms with Crippen LogP contribution in [0.1, 0.15) is 66.7 Å². The summed E-state index contributed by atoms with van der Waals surface area (Å²) in [6.07, 6.45) is 14.8. The van der Waals surface area contributed by atoms with Crippen LogP contribution in [0.15, 0.2) is 48.1 Å². The smallest absolute Gasteiger partial charge is 0.303 e. The molecular formula is C26H40O6. The zero-order chi connectivity index (χ0) is 24.7. The number of aliphatic carboxylic acids is 1. The Morgan fingerprint density at radius 1 is 1.12 bits per heavy atom. The fourth-order valence-electron chi connectivity index (χ4n) is 3.34. The van der Waals surface area contributed by atoms with E-state index < -0.39 is 5.97 Å². The van der Waals surface area contributed by atoms with Gasteiger partial charge in [-0.1, -0.05) is 56.4 Å². The van der Waals surface area contributed by atoms with Gasteiger partial charge in [-0.05, 0) is 55.4 Å². The van der Waals surface area contributed by atoms with Crippen molar-refractivity contribution in [1.29, 1.82) is 0 Å². The summed E-state index contributed by atoms with van der Waals surface area (Å²) in [6.45, 7) is 13.3. The van der Waals surface area contributed by atoms with Gasteiger partial charge in [-0.15, -0.1) is 0 Å². The SMILES string of the molecule is C=C(C)C1CC=C(COC(C)=O)CC1.CC(C)(CC(=O)O)C1C=CC=CC1.COC(C)=O. The van der Waals surface area contributed by atoms with Crippen molar-refractivity contribution < 1.29 is 29.0 Å². The van der Waals surface area contributed by atoms with Gasteiger partial charge in [-0.25, -0.2) is 0 Å². The second-order valence-electron chi connectivity index (χ2n) is 8.87. The third kappa shape index (κ3) is 13.6. The second kappa shape index (κ2) is 15.2. The predicted octanol–water partition coefficient (Wildman–Crippen LogP) is 5.65. The number of allylic oxidation sites excluding steroid dienone is 6. The third-order valence-electron chi connectivity index (χ3n) is 5.54. The molecule has 1 N–H and O–H groups in total. The Balaban J connectivity index is 0.000000499. The van der Waals surface area contributed by atoms with Crippen LogP contribution in [0.25, 0.3) is 0 Å². The molecule has 2 unspecified atom stereocenters. The number of methoxy groups -OCH3 is 1. The van der Waals surface area contributed by atoms with Gasteiger partial charge < -0.3 is 14.6 Å². The minimum Gasteiger partial charge on any atom is -0.481 e. The van der Waals surface area contributed by atoms with Crippen LogP contribution in [-0.4, -0.2) is 36.7 Å². The molecule has 0 saturated heterocycles. The van der Waals surface area contributed by atoms with Crippen molar-refractivity contribution in [1.82, 2.24) is 0 Å². The summed E-state index contributed by atoms with van der Waals surface area (Å²) < 4.78 is 9.06. The highest BCUT2D eigenvalue weighted by molar-refractivity contribution is 5.67.